The number of carbonyl (C=O) groups is 2. The Hall–Kier alpha value is -3.05. The summed E-state index contributed by atoms with van der Waals surface area (Å²) >= 11 is 0. The Kier molecular flexibility index (Phi) is 10.7. The molecule has 0 bridgehead atoms. The summed E-state index contributed by atoms with van der Waals surface area (Å²) in [5.74, 6) is -1.36. The van der Waals surface area contributed by atoms with Crippen LogP contribution < -0.4 is 0 Å². The molecule has 0 spiro atoms. The summed E-state index contributed by atoms with van der Waals surface area (Å²) in [4.78, 5) is 26.5. The van der Waals surface area contributed by atoms with Crippen molar-refractivity contribution in [2.24, 2.45) is 5.92 Å². The molecule has 1 unspecified atom stereocenters. The van der Waals surface area contributed by atoms with Gasteiger partial charge >= 0.3 is 12.1 Å². The number of amides is 1. The van der Waals surface area contributed by atoms with Crippen molar-refractivity contribution in [3.8, 4) is 0 Å². The maximum absolute atomic E-state index is 12.4. The summed E-state index contributed by atoms with van der Waals surface area (Å²) in [5, 5.41) is 22.4. The van der Waals surface area contributed by atoms with E-state index in [0.29, 0.717) is 38.4 Å². The predicted octanol–water partition coefficient (Wildman–Crippen LogP) is 5.45. The monoisotopic (exact) mass is 571 g/mol. The molecule has 2 aromatic rings. The van der Waals surface area contributed by atoms with Crippen LogP contribution in [0.2, 0.25) is 25.7 Å². The van der Waals surface area contributed by atoms with Crippen LogP contribution in [0.15, 0.2) is 30.3 Å². The van der Waals surface area contributed by atoms with Crippen LogP contribution in [0.25, 0.3) is 5.57 Å². The second-order valence-corrected chi connectivity index (χ2v) is 18.3. The molecular weight excluding hydrogens is 526 g/mol. The number of aliphatic carboxylic acids is 1. The van der Waals surface area contributed by atoms with Crippen molar-refractivity contribution in [1.29, 1.82) is 0 Å². The zero-order valence-corrected chi connectivity index (χ0v) is 26.0. The number of carboxylic acid groups (broad SMARTS) is 1. The van der Waals surface area contributed by atoms with Gasteiger partial charge < -0.3 is 19.5 Å². The van der Waals surface area contributed by atoms with Crippen LogP contribution in [0.3, 0.4) is 0 Å². The van der Waals surface area contributed by atoms with Crippen LogP contribution in [0.4, 0.5) is 4.79 Å². The lowest BCUT2D eigenvalue weighted by atomic mass is 9.83. The summed E-state index contributed by atoms with van der Waals surface area (Å²) in [6.45, 7) is 16.3. The number of hydrogen-bond acceptors (Lipinski definition) is 7. The Morgan fingerprint density at radius 1 is 1.15 bits per heavy atom. The molecule has 40 heavy (non-hydrogen) atoms. The smallest absolute Gasteiger partial charge is 0.410 e. The molecule has 220 valence electrons. The summed E-state index contributed by atoms with van der Waals surface area (Å²) < 4.78 is 13.0. The number of tetrazole rings is 1. The van der Waals surface area contributed by atoms with E-state index in [4.69, 9.17) is 9.47 Å². The molecular formula is C29H45N5O5Si. The maximum atomic E-state index is 12.4. The highest BCUT2D eigenvalue weighted by molar-refractivity contribution is 6.76. The van der Waals surface area contributed by atoms with Crippen molar-refractivity contribution >= 4 is 25.7 Å². The van der Waals surface area contributed by atoms with Crippen LogP contribution in [0.5, 0.6) is 0 Å². The van der Waals surface area contributed by atoms with E-state index in [1.165, 1.54) is 0 Å². The van der Waals surface area contributed by atoms with Crippen molar-refractivity contribution in [2.45, 2.75) is 90.9 Å². The Balaban J connectivity index is 1.74. The highest BCUT2D eigenvalue weighted by Gasteiger charge is 2.33. The first kappa shape index (κ1) is 31.5. The molecule has 3 rings (SSSR count). The molecule has 0 saturated carbocycles. The molecule has 0 saturated heterocycles. The molecule has 1 aromatic carbocycles. The van der Waals surface area contributed by atoms with Gasteiger partial charge in [0.1, 0.15) is 12.3 Å². The van der Waals surface area contributed by atoms with Crippen LogP contribution in [-0.2, 0) is 27.4 Å². The average molecular weight is 572 g/mol. The van der Waals surface area contributed by atoms with E-state index in [9.17, 15) is 14.7 Å². The van der Waals surface area contributed by atoms with Crippen LogP contribution in [0, 0.1) is 5.92 Å². The molecule has 10 nitrogen and oxygen atoms in total. The molecule has 2 heterocycles. The van der Waals surface area contributed by atoms with Crippen LogP contribution >= 0.6 is 0 Å². The maximum Gasteiger partial charge on any atom is 0.410 e. The second kappa shape index (κ2) is 13.5. The van der Waals surface area contributed by atoms with Gasteiger partial charge in [-0.2, -0.15) is 0 Å². The van der Waals surface area contributed by atoms with Gasteiger partial charge in [-0.3, -0.25) is 4.79 Å². The molecule has 2 atom stereocenters. The van der Waals surface area contributed by atoms with Gasteiger partial charge in [-0.1, -0.05) is 63.3 Å². The zero-order valence-electron chi connectivity index (χ0n) is 25.0. The summed E-state index contributed by atoms with van der Waals surface area (Å²) in [5.41, 5.74) is 2.54. The Bertz CT molecular complexity index is 1170. The fraction of sp³-hybridized carbons (Fsp3) is 0.621. The Morgan fingerprint density at radius 2 is 1.85 bits per heavy atom. The minimum atomic E-state index is -1.24. The molecule has 0 fully saturated rings. The number of benzene rings is 1. The van der Waals surface area contributed by atoms with Crippen molar-refractivity contribution in [3.63, 3.8) is 0 Å². The highest BCUT2D eigenvalue weighted by Crippen LogP contribution is 2.32. The summed E-state index contributed by atoms with van der Waals surface area (Å²) in [6, 6.07) is 9.11. The molecule has 1 aliphatic rings. The first-order chi connectivity index (χ1) is 18.8. The van der Waals surface area contributed by atoms with E-state index in [2.05, 4.69) is 35.2 Å². The van der Waals surface area contributed by atoms with Crippen molar-refractivity contribution in [3.05, 3.63) is 47.3 Å². The average Bonchev–Trinajstić information content (AvgIpc) is 3.53. The van der Waals surface area contributed by atoms with Gasteiger partial charge in [0, 0.05) is 33.7 Å². The first-order valence-corrected chi connectivity index (χ1v) is 17.8. The van der Waals surface area contributed by atoms with E-state index >= 15 is 0 Å². The number of nitrogens with zero attached hydrogens (tertiary/aromatic N) is 5. The van der Waals surface area contributed by atoms with Gasteiger partial charge in [0.05, 0.1) is 5.92 Å². The first-order valence-electron chi connectivity index (χ1n) is 14.1. The third kappa shape index (κ3) is 9.26. The lowest BCUT2D eigenvalue weighted by Crippen LogP contribution is -2.35. The zero-order chi connectivity index (χ0) is 29.5. The molecule has 11 heteroatoms. The number of rotatable bonds is 13. The minimum absolute atomic E-state index is 0.197. The van der Waals surface area contributed by atoms with Gasteiger partial charge in [-0.25, -0.2) is 9.48 Å². The number of carboxylic acids is 1. The van der Waals surface area contributed by atoms with Gasteiger partial charge in [0.15, 0.2) is 5.82 Å². The lowest BCUT2D eigenvalue weighted by molar-refractivity contribution is -0.143. The number of aromatic nitrogens is 4. The molecule has 1 amide bonds. The number of hydrogen-bond donors (Lipinski definition) is 1. The normalized spacial score (nSPS) is 15.6. The quantitative estimate of drug-likeness (QED) is 0.249. The van der Waals surface area contributed by atoms with Crippen molar-refractivity contribution in [2.75, 3.05) is 19.7 Å². The molecule has 1 aliphatic heterocycles. The third-order valence-electron chi connectivity index (χ3n) is 6.86. The van der Waals surface area contributed by atoms with E-state index in [1.54, 1.807) is 9.58 Å². The van der Waals surface area contributed by atoms with E-state index in [-0.39, 0.29) is 12.8 Å². The molecule has 1 aromatic heterocycles. The van der Waals surface area contributed by atoms with Crippen LogP contribution in [0.1, 0.15) is 63.4 Å². The topological polar surface area (TPSA) is 120 Å². The molecule has 0 radical (unpaired) electrons. The Labute approximate surface area is 238 Å². The fourth-order valence-corrected chi connectivity index (χ4v) is 5.42. The number of carbonyl (C=O) groups excluding carboxylic acids is 1. The van der Waals surface area contributed by atoms with E-state index in [0.717, 1.165) is 29.2 Å². The van der Waals surface area contributed by atoms with Crippen molar-refractivity contribution in [1.82, 2.24) is 25.1 Å². The lowest BCUT2D eigenvalue weighted by Gasteiger charge is -2.24. The second-order valence-electron chi connectivity index (χ2n) is 12.7. The third-order valence-corrected chi connectivity index (χ3v) is 8.56. The summed E-state index contributed by atoms with van der Waals surface area (Å²) in [7, 11) is -1.24. The fourth-order valence-electron chi connectivity index (χ4n) is 4.66. The van der Waals surface area contributed by atoms with Crippen LogP contribution in [-0.4, -0.2) is 75.6 Å². The largest absolute Gasteiger partial charge is 0.481 e. The van der Waals surface area contributed by atoms with Gasteiger partial charge in [-0.05, 0) is 66.8 Å². The van der Waals surface area contributed by atoms with Gasteiger partial charge in [0.2, 0.25) is 0 Å². The number of ether oxygens (including phenoxy) is 2. The standard InChI is InChI=1S/C29H45N5O5Si/c1-8-9-24(27(35)36)25(26-30-31-32-34(26)20-38-16-17-40(5,6)7)18-21-10-12-22(13-11-21)23-14-15-33(19-23)28(37)39-29(2,3)4/h10-14,24-25H,8-9,15-20H2,1-7H3,(H,35,36)/t24?,25-/m0/s1. The highest BCUT2D eigenvalue weighted by atomic mass is 28.3. The summed E-state index contributed by atoms with van der Waals surface area (Å²) in [6.07, 6.45) is 3.46. The van der Waals surface area contributed by atoms with Gasteiger partial charge in [0.25, 0.3) is 0 Å². The molecule has 1 N–H and O–H groups in total. The Morgan fingerprint density at radius 3 is 2.45 bits per heavy atom. The van der Waals surface area contributed by atoms with Crippen molar-refractivity contribution < 1.29 is 24.2 Å². The van der Waals surface area contributed by atoms with E-state index in [1.807, 2.05) is 58.0 Å². The van der Waals surface area contributed by atoms with E-state index < -0.39 is 31.5 Å². The predicted molar refractivity (Wildman–Crippen MR) is 157 cm³/mol. The van der Waals surface area contributed by atoms with Gasteiger partial charge in [-0.15, -0.1) is 5.10 Å². The minimum Gasteiger partial charge on any atom is -0.481 e. The molecule has 0 aliphatic carbocycles. The SMILES string of the molecule is CCCC(C(=O)O)[C@H](Cc1ccc(C2=CCN(C(=O)OC(C)(C)C)C2)cc1)c1nnnn1COCC[Si](C)(C)C.